The van der Waals surface area contributed by atoms with Gasteiger partial charge in [0.15, 0.2) is 0 Å². The quantitative estimate of drug-likeness (QED) is 0.593. The maximum absolute atomic E-state index is 11.0. The molecule has 1 saturated heterocycles. The predicted molar refractivity (Wildman–Crippen MR) is 118 cm³/mol. The zero-order valence-corrected chi connectivity index (χ0v) is 17.9. The number of nitrogens with zero attached hydrogens (tertiary/aromatic N) is 2. The molecule has 0 bridgehead atoms. The molecular weight excluding hydrogens is 380 g/mol. The largest absolute Gasteiger partial charge is 0.481 e. The molecule has 1 aromatic heterocycles. The number of aryl methyl sites for hydroxylation is 1. The molecule has 1 N–H and O–H groups in total. The lowest BCUT2D eigenvalue weighted by molar-refractivity contribution is -0.147. The summed E-state index contributed by atoms with van der Waals surface area (Å²) in [5, 5.41) is 10.0. The monoisotopic (exact) mass is 406 g/mol. The zero-order chi connectivity index (χ0) is 20.5. The SMILES string of the molecule is Cc1cc(CN2CC(C(=O)O)C2)ccc1-c1ncc(-c2ccc(C(C)C)cc2)s1. The maximum atomic E-state index is 11.0. The van der Waals surface area contributed by atoms with Crippen molar-refractivity contribution in [3.8, 4) is 21.0 Å². The number of aliphatic carboxylic acids is 1. The van der Waals surface area contributed by atoms with Crippen LogP contribution in [0.25, 0.3) is 21.0 Å². The van der Waals surface area contributed by atoms with Crippen LogP contribution in [0.4, 0.5) is 0 Å². The van der Waals surface area contributed by atoms with Crippen LogP contribution < -0.4 is 0 Å². The minimum atomic E-state index is -0.689. The van der Waals surface area contributed by atoms with Crippen LogP contribution >= 0.6 is 11.3 Å². The van der Waals surface area contributed by atoms with Gasteiger partial charge in [0.2, 0.25) is 0 Å². The summed E-state index contributed by atoms with van der Waals surface area (Å²) in [6.07, 6.45) is 1.96. The molecule has 0 unspecified atom stereocenters. The molecule has 2 heterocycles. The van der Waals surface area contributed by atoms with Gasteiger partial charge >= 0.3 is 5.97 Å². The first kappa shape index (κ1) is 19.8. The summed E-state index contributed by atoms with van der Waals surface area (Å²) in [4.78, 5) is 19.0. The summed E-state index contributed by atoms with van der Waals surface area (Å²) < 4.78 is 0. The van der Waals surface area contributed by atoms with Crippen LogP contribution in [-0.4, -0.2) is 34.0 Å². The Morgan fingerprint density at radius 1 is 1.21 bits per heavy atom. The van der Waals surface area contributed by atoms with E-state index in [0.29, 0.717) is 19.0 Å². The Bertz CT molecular complexity index is 1020. The second kappa shape index (κ2) is 8.09. The van der Waals surface area contributed by atoms with E-state index in [1.54, 1.807) is 11.3 Å². The van der Waals surface area contributed by atoms with E-state index in [2.05, 4.69) is 73.1 Å². The lowest BCUT2D eigenvalue weighted by atomic mass is 9.98. The number of benzene rings is 2. The van der Waals surface area contributed by atoms with Crippen LogP contribution in [0.1, 0.15) is 36.5 Å². The van der Waals surface area contributed by atoms with Gasteiger partial charge in [-0.15, -0.1) is 11.3 Å². The summed E-state index contributed by atoms with van der Waals surface area (Å²) >= 11 is 1.72. The molecule has 29 heavy (non-hydrogen) atoms. The van der Waals surface area contributed by atoms with Crippen molar-refractivity contribution in [3.63, 3.8) is 0 Å². The second-order valence-corrected chi connectivity index (χ2v) is 9.22. The Hall–Kier alpha value is -2.50. The van der Waals surface area contributed by atoms with Gasteiger partial charge in [0.25, 0.3) is 0 Å². The van der Waals surface area contributed by atoms with Gasteiger partial charge < -0.3 is 5.11 Å². The molecule has 0 aliphatic carbocycles. The smallest absolute Gasteiger partial charge is 0.309 e. The Morgan fingerprint density at radius 2 is 1.93 bits per heavy atom. The molecule has 0 saturated carbocycles. The van der Waals surface area contributed by atoms with Gasteiger partial charge in [-0.25, -0.2) is 4.98 Å². The Morgan fingerprint density at radius 3 is 2.55 bits per heavy atom. The average Bonchev–Trinajstić information content (AvgIpc) is 3.14. The standard InChI is InChI=1S/C24H26N2O2S/c1-15(2)18-5-7-19(8-6-18)22-11-25-23(29-22)21-9-4-17(10-16(21)3)12-26-13-20(14-26)24(27)28/h4-11,15,20H,12-14H2,1-3H3,(H,27,28). The Labute approximate surface area is 175 Å². The molecule has 2 aromatic carbocycles. The number of rotatable bonds is 6. The van der Waals surface area contributed by atoms with Crippen LogP contribution in [-0.2, 0) is 11.3 Å². The van der Waals surface area contributed by atoms with Gasteiger partial charge in [0.05, 0.1) is 10.8 Å². The lowest BCUT2D eigenvalue weighted by Crippen LogP contribution is -2.49. The van der Waals surface area contributed by atoms with Crippen LogP contribution in [0, 0.1) is 12.8 Å². The fourth-order valence-corrected chi connectivity index (χ4v) is 4.75. The van der Waals surface area contributed by atoms with Crippen LogP contribution in [0.3, 0.4) is 0 Å². The molecule has 0 atom stereocenters. The Kier molecular flexibility index (Phi) is 5.52. The molecule has 1 aliphatic heterocycles. The van der Waals surface area contributed by atoms with Gasteiger partial charge in [0, 0.05) is 31.4 Å². The van der Waals surface area contributed by atoms with Gasteiger partial charge in [-0.05, 0) is 35.1 Å². The van der Waals surface area contributed by atoms with Crippen molar-refractivity contribution >= 4 is 17.3 Å². The predicted octanol–water partition coefficient (Wildman–Crippen LogP) is 5.43. The molecule has 4 rings (SSSR count). The zero-order valence-electron chi connectivity index (χ0n) is 17.1. The molecule has 3 aromatic rings. The first-order chi connectivity index (χ1) is 13.9. The van der Waals surface area contributed by atoms with Crippen LogP contribution in [0.5, 0.6) is 0 Å². The third-order valence-corrected chi connectivity index (χ3v) is 6.68. The molecule has 5 heteroatoms. The highest BCUT2D eigenvalue weighted by molar-refractivity contribution is 7.18. The highest BCUT2D eigenvalue weighted by Gasteiger charge is 2.32. The minimum absolute atomic E-state index is 0.210. The third-order valence-electron chi connectivity index (χ3n) is 5.60. The average molecular weight is 407 g/mol. The number of aromatic nitrogens is 1. The molecular formula is C24H26N2O2S. The van der Waals surface area contributed by atoms with Crippen LogP contribution in [0.15, 0.2) is 48.7 Å². The van der Waals surface area contributed by atoms with E-state index in [4.69, 9.17) is 5.11 Å². The lowest BCUT2D eigenvalue weighted by Gasteiger charge is -2.36. The molecule has 0 radical (unpaired) electrons. The summed E-state index contributed by atoms with van der Waals surface area (Å²) in [7, 11) is 0. The van der Waals surface area contributed by atoms with Crippen molar-refractivity contribution in [1.82, 2.24) is 9.88 Å². The number of likely N-dealkylation sites (tertiary alicyclic amines) is 1. The molecule has 4 nitrogen and oxygen atoms in total. The van der Waals surface area contributed by atoms with E-state index in [0.717, 1.165) is 17.1 Å². The number of carboxylic acid groups (broad SMARTS) is 1. The van der Waals surface area contributed by atoms with Crippen molar-refractivity contribution in [2.75, 3.05) is 13.1 Å². The van der Waals surface area contributed by atoms with Crippen molar-refractivity contribution in [1.29, 1.82) is 0 Å². The van der Waals surface area contributed by atoms with E-state index in [-0.39, 0.29) is 5.92 Å². The first-order valence-corrected chi connectivity index (χ1v) is 10.8. The summed E-state index contributed by atoms with van der Waals surface area (Å²) in [6.45, 7) is 8.62. The number of hydrogen-bond donors (Lipinski definition) is 1. The highest BCUT2D eigenvalue weighted by Crippen LogP contribution is 2.34. The molecule has 150 valence electrons. The van der Waals surface area contributed by atoms with E-state index < -0.39 is 5.97 Å². The topological polar surface area (TPSA) is 53.4 Å². The van der Waals surface area contributed by atoms with Crippen molar-refractivity contribution < 1.29 is 9.90 Å². The number of thiazole rings is 1. The van der Waals surface area contributed by atoms with E-state index in [1.165, 1.54) is 27.1 Å². The molecule has 1 aliphatic rings. The highest BCUT2D eigenvalue weighted by atomic mass is 32.1. The number of carboxylic acids is 1. The van der Waals surface area contributed by atoms with Gasteiger partial charge in [-0.2, -0.15) is 0 Å². The Balaban J connectivity index is 1.47. The summed E-state index contributed by atoms with van der Waals surface area (Å²) in [5.41, 5.74) is 6.14. The van der Waals surface area contributed by atoms with Gasteiger partial charge in [-0.1, -0.05) is 56.3 Å². The van der Waals surface area contributed by atoms with E-state index in [9.17, 15) is 4.79 Å². The third kappa shape index (κ3) is 4.26. The van der Waals surface area contributed by atoms with Crippen molar-refractivity contribution in [2.24, 2.45) is 5.92 Å². The molecule has 0 amide bonds. The van der Waals surface area contributed by atoms with Gasteiger partial charge in [-0.3, -0.25) is 9.69 Å². The summed E-state index contributed by atoms with van der Waals surface area (Å²) in [5.74, 6) is -0.363. The second-order valence-electron chi connectivity index (χ2n) is 8.18. The van der Waals surface area contributed by atoms with Crippen molar-refractivity contribution in [2.45, 2.75) is 33.2 Å². The van der Waals surface area contributed by atoms with E-state index in [1.807, 2.05) is 6.20 Å². The van der Waals surface area contributed by atoms with Gasteiger partial charge in [0.1, 0.15) is 5.01 Å². The minimum Gasteiger partial charge on any atom is -0.481 e. The first-order valence-electron chi connectivity index (χ1n) is 10.0. The normalized spacial score (nSPS) is 14.9. The summed E-state index contributed by atoms with van der Waals surface area (Å²) in [6, 6.07) is 15.2. The van der Waals surface area contributed by atoms with E-state index >= 15 is 0 Å². The fraction of sp³-hybridized carbons (Fsp3) is 0.333. The number of hydrogen-bond acceptors (Lipinski definition) is 4. The van der Waals surface area contributed by atoms with Crippen molar-refractivity contribution in [3.05, 3.63) is 65.4 Å². The maximum Gasteiger partial charge on any atom is 0.309 e. The molecule has 1 fully saturated rings. The molecule has 0 spiro atoms. The van der Waals surface area contributed by atoms with Crippen LogP contribution in [0.2, 0.25) is 0 Å². The fourth-order valence-electron chi connectivity index (χ4n) is 3.74. The number of carbonyl (C=O) groups is 1.